The third-order valence-electron chi connectivity index (χ3n) is 4.29. The number of imidazole rings is 1. The van der Waals surface area contributed by atoms with Crippen LogP contribution in [0.5, 0.6) is 0 Å². The highest BCUT2D eigenvalue weighted by Crippen LogP contribution is 2.25. The van der Waals surface area contributed by atoms with Gasteiger partial charge in [-0.05, 0) is 12.5 Å². The molecule has 2 aromatic rings. The molecular weight excluding hydrogens is 322 g/mol. The minimum absolute atomic E-state index is 0.249. The van der Waals surface area contributed by atoms with Crippen LogP contribution in [0.4, 0.5) is 4.79 Å². The Kier molecular flexibility index (Phi) is 5.02. The van der Waals surface area contributed by atoms with Gasteiger partial charge in [0.05, 0.1) is 38.0 Å². The smallest absolute Gasteiger partial charge is 0.410 e. The van der Waals surface area contributed by atoms with Crippen molar-refractivity contribution in [1.82, 2.24) is 14.5 Å². The highest BCUT2D eigenvalue weighted by Gasteiger charge is 2.38. The van der Waals surface area contributed by atoms with Crippen LogP contribution in [0, 0.1) is 0 Å². The lowest BCUT2D eigenvalue weighted by atomic mass is 10.0. The molecule has 0 radical (unpaired) electrons. The van der Waals surface area contributed by atoms with E-state index in [9.17, 15) is 9.59 Å². The molecule has 0 bridgehead atoms. The first-order valence-electron chi connectivity index (χ1n) is 8.22. The third-order valence-corrected chi connectivity index (χ3v) is 4.29. The standard InChI is InChI=1S/C18H21N3O4/c1-3-25-18(23)21-11-16-14(9-15(21)17(22)24-2)19-12-20(16)10-13-7-5-4-6-8-13/h4-8,12,15H,3,9-11H2,1-2H3/t15-/m0/s1. The molecule has 0 fully saturated rings. The first-order valence-corrected chi connectivity index (χ1v) is 8.22. The summed E-state index contributed by atoms with van der Waals surface area (Å²) in [5, 5.41) is 0. The van der Waals surface area contributed by atoms with Crippen molar-refractivity contribution in [2.75, 3.05) is 13.7 Å². The fourth-order valence-electron chi connectivity index (χ4n) is 3.03. The average molecular weight is 343 g/mol. The average Bonchev–Trinajstić information content (AvgIpc) is 3.03. The molecule has 0 saturated heterocycles. The zero-order chi connectivity index (χ0) is 17.8. The summed E-state index contributed by atoms with van der Waals surface area (Å²) in [6, 6.07) is 9.30. The van der Waals surface area contributed by atoms with Crippen molar-refractivity contribution in [3.63, 3.8) is 0 Å². The lowest BCUT2D eigenvalue weighted by Crippen LogP contribution is -2.49. The Morgan fingerprint density at radius 2 is 2.04 bits per heavy atom. The number of ether oxygens (including phenoxy) is 2. The van der Waals surface area contributed by atoms with E-state index >= 15 is 0 Å². The maximum absolute atomic E-state index is 12.3. The SMILES string of the molecule is CCOC(=O)N1Cc2c(ncn2Cc2ccccc2)C[C@H]1C(=O)OC. The van der Waals surface area contributed by atoms with Gasteiger partial charge in [-0.2, -0.15) is 0 Å². The predicted octanol–water partition coefficient (Wildman–Crippen LogP) is 1.99. The number of hydrogen-bond donors (Lipinski definition) is 0. The molecule has 0 unspecified atom stereocenters. The number of carbonyl (C=O) groups is 2. The Balaban J connectivity index is 1.88. The minimum atomic E-state index is -0.711. The van der Waals surface area contributed by atoms with Gasteiger partial charge in [0.15, 0.2) is 0 Å². The van der Waals surface area contributed by atoms with Crippen molar-refractivity contribution >= 4 is 12.1 Å². The lowest BCUT2D eigenvalue weighted by molar-refractivity contribution is -0.147. The van der Waals surface area contributed by atoms with Crippen LogP contribution in [0.25, 0.3) is 0 Å². The molecule has 3 rings (SSSR count). The van der Waals surface area contributed by atoms with Gasteiger partial charge in [0.2, 0.25) is 0 Å². The van der Waals surface area contributed by atoms with Gasteiger partial charge in [0.1, 0.15) is 6.04 Å². The van der Waals surface area contributed by atoms with Gasteiger partial charge in [0.25, 0.3) is 0 Å². The van der Waals surface area contributed by atoms with Crippen molar-refractivity contribution in [3.8, 4) is 0 Å². The van der Waals surface area contributed by atoms with E-state index in [1.165, 1.54) is 12.0 Å². The van der Waals surface area contributed by atoms with E-state index in [4.69, 9.17) is 9.47 Å². The summed E-state index contributed by atoms with van der Waals surface area (Å²) >= 11 is 0. The maximum atomic E-state index is 12.3. The molecule has 0 saturated carbocycles. The Morgan fingerprint density at radius 3 is 2.72 bits per heavy atom. The third kappa shape index (κ3) is 3.50. The number of nitrogens with zero attached hydrogens (tertiary/aromatic N) is 3. The van der Waals surface area contributed by atoms with Gasteiger partial charge in [0, 0.05) is 13.0 Å². The van der Waals surface area contributed by atoms with Gasteiger partial charge < -0.3 is 14.0 Å². The van der Waals surface area contributed by atoms with Crippen LogP contribution in [0.15, 0.2) is 36.7 Å². The summed E-state index contributed by atoms with van der Waals surface area (Å²) in [7, 11) is 1.31. The van der Waals surface area contributed by atoms with Crippen molar-refractivity contribution < 1.29 is 19.1 Å². The Bertz CT molecular complexity index is 757. The number of aromatic nitrogens is 2. The van der Waals surface area contributed by atoms with Crippen LogP contribution in [0.2, 0.25) is 0 Å². The first kappa shape index (κ1) is 17.0. The van der Waals surface area contributed by atoms with Crippen LogP contribution < -0.4 is 0 Å². The summed E-state index contributed by atoms with van der Waals surface area (Å²) in [4.78, 5) is 30.2. The highest BCUT2D eigenvalue weighted by atomic mass is 16.6. The Hall–Kier alpha value is -2.83. The van der Waals surface area contributed by atoms with Gasteiger partial charge in [-0.3, -0.25) is 4.90 Å². The molecule has 25 heavy (non-hydrogen) atoms. The summed E-state index contributed by atoms with van der Waals surface area (Å²) < 4.78 is 12.0. The fraction of sp³-hybridized carbons (Fsp3) is 0.389. The molecule has 1 aromatic heterocycles. The fourth-order valence-corrected chi connectivity index (χ4v) is 3.03. The topological polar surface area (TPSA) is 73.7 Å². The number of carbonyl (C=O) groups excluding carboxylic acids is 2. The maximum Gasteiger partial charge on any atom is 0.410 e. The number of amides is 1. The monoisotopic (exact) mass is 343 g/mol. The number of benzene rings is 1. The summed E-state index contributed by atoms with van der Waals surface area (Å²) in [5.74, 6) is -0.462. The van der Waals surface area contributed by atoms with E-state index < -0.39 is 18.1 Å². The predicted molar refractivity (Wildman–Crippen MR) is 89.8 cm³/mol. The second-order valence-electron chi connectivity index (χ2n) is 5.82. The van der Waals surface area contributed by atoms with Gasteiger partial charge >= 0.3 is 12.1 Å². The van der Waals surface area contributed by atoms with Gasteiger partial charge in [-0.15, -0.1) is 0 Å². The molecular formula is C18H21N3O4. The number of fused-ring (bicyclic) bond motifs is 1. The molecule has 0 spiro atoms. The van der Waals surface area contributed by atoms with Crippen LogP contribution in [-0.4, -0.2) is 46.3 Å². The molecule has 1 aromatic carbocycles. The summed E-state index contributed by atoms with van der Waals surface area (Å²) in [5.41, 5.74) is 2.87. The van der Waals surface area contributed by atoms with E-state index in [0.717, 1.165) is 17.0 Å². The quantitative estimate of drug-likeness (QED) is 0.794. The van der Waals surface area contributed by atoms with E-state index in [2.05, 4.69) is 4.98 Å². The molecule has 1 amide bonds. The summed E-state index contributed by atoms with van der Waals surface area (Å²) in [6.07, 6.45) is 1.56. The Labute approximate surface area is 146 Å². The minimum Gasteiger partial charge on any atom is -0.467 e. The second-order valence-corrected chi connectivity index (χ2v) is 5.82. The molecule has 132 valence electrons. The van der Waals surface area contributed by atoms with Crippen molar-refractivity contribution in [1.29, 1.82) is 0 Å². The van der Waals surface area contributed by atoms with E-state index in [0.29, 0.717) is 13.0 Å². The highest BCUT2D eigenvalue weighted by molar-refractivity contribution is 5.82. The Morgan fingerprint density at radius 1 is 1.28 bits per heavy atom. The van der Waals surface area contributed by atoms with Gasteiger partial charge in [-0.25, -0.2) is 14.6 Å². The van der Waals surface area contributed by atoms with E-state index in [1.807, 2.05) is 34.9 Å². The molecule has 1 aliphatic rings. The largest absolute Gasteiger partial charge is 0.467 e. The lowest BCUT2D eigenvalue weighted by Gasteiger charge is -2.33. The normalized spacial score (nSPS) is 16.2. The molecule has 7 nitrogen and oxygen atoms in total. The number of rotatable bonds is 4. The zero-order valence-electron chi connectivity index (χ0n) is 14.3. The number of hydrogen-bond acceptors (Lipinski definition) is 5. The molecule has 0 N–H and O–H groups in total. The molecule has 2 heterocycles. The molecule has 1 atom stereocenters. The van der Waals surface area contributed by atoms with Gasteiger partial charge in [-0.1, -0.05) is 30.3 Å². The molecule has 7 heteroatoms. The second kappa shape index (κ2) is 7.38. The summed E-state index contributed by atoms with van der Waals surface area (Å²) in [6.45, 7) is 2.91. The van der Waals surface area contributed by atoms with Crippen LogP contribution in [-0.2, 0) is 33.8 Å². The van der Waals surface area contributed by atoms with E-state index in [-0.39, 0.29) is 13.2 Å². The van der Waals surface area contributed by atoms with Crippen LogP contribution in [0.3, 0.4) is 0 Å². The van der Waals surface area contributed by atoms with Crippen molar-refractivity contribution in [3.05, 3.63) is 53.6 Å². The molecule has 0 aliphatic carbocycles. The van der Waals surface area contributed by atoms with Crippen LogP contribution >= 0.6 is 0 Å². The number of esters is 1. The van der Waals surface area contributed by atoms with Crippen LogP contribution in [0.1, 0.15) is 23.9 Å². The van der Waals surface area contributed by atoms with Crippen molar-refractivity contribution in [2.45, 2.75) is 32.5 Å². The molecule has 1 aliphatic heterocycles. The number of methoxy groups -OCH3 is 1. The zero-order valence-corrected chi connectivity index (χ0v) is 14.3. The van der Waals surface area contributed by atoms with Crippen molar-refractivity contribution in [2.24, 2.45) is 0 Å². The first-order chi connectivity index (χ1) is 12.1. The van der Waals surface area contributed by atoms with E-state index in [1.54, 1.807) is 13.3 Å².